The molecule has 2 unspecified atom stereocenters. The van der Waals surface area contributed by atoms with Crippen molar-refractivity contribution < 1.29 is 13.9 Å². The van der Waals surface area contributed by atoms with Crippen LogP contribution in [0, 0.1) is 5.41 Å². The van der Waals surface area contributed by atoms with Crippen molar-refractivity contribution in [3.63, 3.8) is 0 Å². The lowest BCUT2D eigenvalue weighted by atomic mass is 9.89. The Morgan fingerprint density at radius 3 is 2.74 bits per heavy atom. The maximum absolute atomic E-state index is 14.3. The quantitative estimate of drug-likeness (QED) is 0.795. The number of ketones is 1. The molecule has 2 aromatic rings. The molecule has 1 aromatic heterocycles. The molecule has 0 saturated heterocycles. The van der Waals surface area contributed by atoms with Gasteiger partial charge in [-0.15, -0.1) is 5.10 Å². The predicted octanol–water partition coefficient (Wildman–Crippen LogP) is 3.14. The zero-order valence-corrected chi connectivity index (χ0v) is 13.5. The van der Waals surface area contributed by atoms with Gasteiger partial charge in [0.2, 0.25) is 11.6 Å². The zero-order chi connectivity index (χ0) is 16.6. The summed E-state index contributed by atoms with van der Waals surface area (Å²) in [6.07, 6.45) is -0.908. The molecule has 0 N–H and O–H groups in total. The Labute approximate surface area is 134 Å². The second kappa shape index (κ2) is 5.85. The molecule has 23 heavy (non-hydrogen) atoms. The van der Waals surface area contributed by atoms with Crippen LogP contribution < -0.4 is 0 Å². The molecule has 1 aliphatic rings. The van der Waals surface area contributed by atoms with Crippen LogP contribution in [-0.4, -0.2) is 34.3 Å². The molecule has 6 heteroatoms. The molecule has 122 valence electrons. The van der Waals surface area contributed by atoms with Crippen LogP contribution in [-0.2, 0) is 4.74 Å². The number of Topliss-reactive ketones (excluding diaryl/α,β-unsaturated/α-hetero) is 1. The number of nitrogens with zero attached hydrogens (tertiary/aromatic N) is 3. The molecular formula is C17H20FN3O2. The third-order valence-electron chi connectivity index (χ3n) is 4.17. The van der Waals surface area contributed by atoms with Gasteiger partial charge < -0.3 is 4.74 Å². The molecule has 0 amide bonds. The minimum Gasteiger partial charge on any atom is -0.384 e. The van der Waals surface area contributed by atoms with Gasteiger partial charge in [-0.2, -0.15) is 0 Å². The van der Waals surface area contributed by atoms with E-state index >= 15 is 0 Å². The van der Waals surface area contributed by atoms with E-state index in [4.69, 9.17) is 4.74 Å². The van der Waals surface area contributed by atoms with E-state index in [1.807, 2.05) is 30.3 Å². The fraction of sp³-hybridized carbons (Fsp3) is 0.471. The summed E-state index contributed by atoms with van der Waals surface area (Å²) < 4.78 is 20.9. The molecule has 0 radical (unpaired) electrons. The standard InChI is InChI=1S/C17H20FN3O2/c1-17(2,10-23-3)14(22)15-19-16-12(18)9-13(21(16)20-15)11-7-5-4-6-8-11/h4-8,12-13H,9-10H2,1-3H3. The summed E-state index contributed by atoms with van der Waals surface area (Å²) in [5, 5.41) is 4.31. The number of carbonyl (C=O) groups excluding carboxylic acids is 1. The topological polar surface area (TPSA) is 57.0 Å². The fourth-order valence-electron chi connectivity index (χ4n) is 2.96. The first-order valence-electron chi connectivity index (χ1n) is 7.63. The monoisotopic (exact) mass is 317 g/mol. The van der Waals surface area contributed by atoms with E-state index in [0.29, 0.717) is 6.42 Å². The van der Waals surface area contributed by atoms with E-state index < -0.39 is 11.6 Å². The van der Waals surface area contributed by atoms with Gasteiger partial charge >= 0.3 is 0 Å². The molecule has 1 aromatic carbocycles. The molecule has 2 heterocycles. The highest BCUT2D eigenvalue weighted by atomic mass is 19.1. The van der Waals surface area contributed by atoms with E-state index in [1.54, 1.807) is 25.6 Å². The molecule has 3 rings (SSSR count). The lowest BCUT2D eigenvalue weighted by Crippen LogP contribution is -2.30. The Balaban J connectivity index is 1.95. The number of rotatable bonds is 5. The number of alkyl halides is 1. The highest BCUT2D eigenvalue weighted by Crippen LogP contribution is 2.39. The van der Waals surface area contributed by atoms with E-state index in [9.17, 15) is 9.18 Å². The van der Waals surface area contributed by atoms with Crippen LogP contribution in [0.3, 0.4) is 0 Å². The van der Waals surface area contributed by atoms with Crippen molar-refractivity contribution in [3.05, 3.63) is 47.5 Å². The number of hydrogen-bond acceptors (Lipinski definition) is 4. The average Bonchev–Trinajstić information content (AvgIpc) is 3.08. The third kappa shape index (κ3) is 2.79. The maximum atomic E-state index is 14.3. The van der Waals surface area contributed by atoms with Crippen LogP contribution in [0.4, 0.5) is 4.39 Å². The summed E-state index contributed by atoms with van der Waals surface area (Å²) in [5.74, 6) is 0.0565. The molecule has 2 atom stereocenters. The van der Waals surface area contributed by atoms with E-state index in [1.165, 1.54) is 0 Å². The van der Waals surface area contributed by atoms with Crippen LogP contribution >= 0.6 is 0 Å². The first kappa shape index (κ1) is 15.8. The van der Waals surface area contributed by atoms with Gasteiger partial charge in [-0.05, 0) is 5.56 Å². The van der Waals surface area contributed by atoms with Gasteiger partial charge in [-0.1, -0.05) is 44.2 Å². The third-order valence-corrected chi connectivity index (χ3v) is 4.17. The van der Waals surface area contributed by atoms with Crippen molar-refractivity contribution in [2.75, 3.05) is 13.7 Å². The van der Waals surface area contributed by atoms with Crippen molar-refractivity contribution in [2.24, 2.45) is 5.41 Å². The Morgan fingerprint density at radius 2 is 2.09 bits per heavy atom. The fourth-order valence-corrected chi connectivity index (χ4v) is 2.96. The van der Waals surface area contributed by atoms with Gasteiger partial charge in [0.25, 0.3) is 0 Å². The van der Waals surface area contributed by atoms with Crippen molar-refractivity contribution in [1.82, 2.24) is 14.8 Å². The highest BCUT2D eigenvalue weighted by molar-refractivity contribution is 5.96. The lowest BCUT2D eigenvalue weighted by molar-refractivity contribution is 0.0620. The second-order valence-corrected chi connectivity index (χ2v) is 6.51. The zero-order valence-electron chi connectivity index (χ0n) is 13.5. The summed E-state index contributed by atoms with van der Waals surface area (Å²) in [5.41, 5.74) is 0.222. The Bertz CT molecular complexity index is 712. The number of halogens is 1. The minimum absolute atomic E-state index is 0.0605. The van der Waals surface area contributed by atoms with E-state index in [2.05, 4.69) is 10.1 Å². The van der Waals surface area contributed by atoms with Gasteiger partial charge in [-0.25, -0.2) is 14.1 Å². The van der Waals surface area contributed by atoms with Crippen molar-refractivity contribution in [1.29, 1.82) is 0 Å². The van der Waals surface area contributed by atoms with Crippen molar-refractivity contribution in [3.8, 4) is 0 Å². The maximum Gasteiger partial charge on any atom is 0.218 e. The SMILES string of the molecule is COCC(C)(C)C(=O)c1nc2n(n1)C(c1ccccc1)CC2F. The summed E-state index contributed by atoms with van der Waals surface area (Å²) in [7, 11) is 1.54. The van der Waals surface area contributed by atoms with Crippen molar-refractivity contribution in [2.45, 2.75) is 32.5 Å². The summed E-state index contributed by atoms with van der Waals surface area (Å²) in [6.45, 7) is 3.80. The van der Waals surface area contributed by atoms with Crippen LogP contribution in [0.15, 0.2) is 30.3 Å². The second-order valence-electron chi connectivity index (χ2n) is 6.51. The molecule has 1 aliphatic heterocycles. The molecule has 0 spiro atoms. The molecule has 0 saturated carbocycles. The molecule has 0 bridgehead atoms. The summed E-state index contributed by atoms with van der Waals surface area (Å²) in [4.78, 5) is 16.7. The number of carbonyl (C=O) groups is 1. The van der Waals surface area contributed by atoms with Gasteiger partial charge in [-0.3, -0.25) is 4.79 Å². The van der Waals surface area contributed by atoms with Gasteiger partial charge in [0.05, 0.1) is 18.1 Å². The Kier molecular flexibility index (Phi) is 4.02. The smallest absolute Gasteiger partial charge is 0.218 e. The average molecular weight is 317 g/mol. The van der Waals surface area contributed by atoms with Crippen LogP contribution in [0.1, 0.15) is 54.5 Å². The van der Waals surface area contributed by atoms with E-state index in [-0.39, 0.29) is 30.1 Å². The van der Waals surface area contributed by atoms with Gasteiger partial charge in [0.1, 0.15) is 0 Å². The van der Waals surface area contributed by atoms with Crippen LogP contribution in [0.25, 0.3) is 0 Å². The first-order chi connectivity index (χ1) is 10.9. The molecular weight excluding hydrogens is 297 g/mol. The van der Waals surface area contributed by atoms with Crippen LogP contribution in [0.5, 0.6) is 0 Å². The summed E-state index contributed by atoms with van der Waals surface area (Å²) >= 11 is 0. The molecule has 0 fully saturated rings. The minimum atomic E-state index is -1.21. The summed E-state index contributed by atoms with van der Waals surface area (Å²) in [6, 6.07) is 9.38. The first-order valence-corrected chi connectivity index (χ1v) is 7.63. The molecule has 5 nitrogen and oxygen atoms in total. The van der Waals surface area contributed by atoms with Crippen LogP contribution in [0.2, 0.25) is 0 Å². The highest BCUT2D eigenvalue weighted by Gasteiger charge is 2.39. The van der Waals surface area contributed by atoms with Gasteiger partial charge in [0.15, 0.2) is 12.0 Å². The predicted molar refractivity (Wildman–Crippen MR) is 83.1 cm³/mol. The number of benzene rings is 1. The number of fused-ring (bicyclic) bond motifs is 1. The number of aromatic nitrogens is 3. The van der Waals surface area contributed by atoms with Crippen molar-refractivity contribution >= 4 is 5.78 Å². The number of ether oxygens (including phenoxy) is 1. The Morgan fingerprint density at radius 1 is 1.39 bits per heavy atom. The number of hydrogen-bond donors (Lipinski definition) is 0. The number of methoxy groups -OCH3 is 1. The largest absolute Gasteiger partial charge is 0.384 e. The molecule has 0 aliphatic carbocycles. The Hall–Kier alpha value is -2.08. The lowest BCUT2D eigenvalue weighted by Gasteiger charge is -2.20. The normalized spacial score (nSPS) is 20.5. The van der Waals surface area contributed by atoms with Gasteiger partial charge in [0, 0.05) is 13.5 Å². The van der Waals surface area contributed by atoms with E-state index in [0.717, 1.165) is 5.56 Å².